The van der Waals surface area contributed by atoms with Crippen molar-refractivity contribution in [2.75, 3.05) is 33.5 Å². The minimum Gasteiger partial charge on any atom is -0.494 e. The lowest BCUT2D eigenvalue weighted by Gasteiger charge is -2.26. The smallest absolute Gasteiger partial charge is 0.203 e. The number of nitrogens with zero attached hydrogens (tertiary/aromatic N) is 1. The molecule has 7 nitrogen and oxygen atoms in total. The van der Waals surface area contributed by atoms with Gasteiger partial charge in [-0.3, -0.25) is 4.79 Å². The third kappa shape index (κ3) is 4.66. The van der Waals surface area contributed by atoms with Gasteiger partial charge in [-0.05, 0) is 45.9 Å². The van der Waals surface area contributed by atoms with E-state index < -0.39 is 6.10 Å². The van der Waals surface area contributed by atoms with Crippen molar-refractivity contribution in [1.82, 2.24) is 0 Å². The molecule has 1 heterocycles. The minimum atomic E-state index is -0.850. The van der Waals surface area contributed by atoms with Crippen LogP contribution in [-0.4, -0.2) is 51.1 Å². The van der Waals surface area contributed by atoms with Crippen molar-refractivity contribution >= 4 is 17.2 Å². The van der Waals surface area contributed by atoms with Crippen LogP contribution in [0.2, 0.25) is 0 Å². The van der Waals surface area contributed by atoms with Gasteiger partial charge < -0.3 is 23.7 Å². The standard InChI is InChI=1S/C24H29NO6/c1-6-28-16-13-17-21(20(14-16)30-8-3)23(26)24(31-9-4)22(25-17)15-10-11-18(29-7-2)19(12-15)27-5/h10-14,24H,6-9H2,1-5H3. The molecule has 7 heteroatoms. The highest BCUT2D eigenvalue weighted by molar-refractivity contribution is 6.26. The highest BCUT2D eigenvalue weighted by Gasteiger charge is 2.36. The number of Topliss-reactive ketones (excluding diaryl/α,β-unsaturated/α-hetero) is 1. The molecular weight excluding hydrogens is 398 g/mol. The van der Waals surface area contributed by atoms with Crippen LogP contribution in [0.25, 0.3) is 0 Å². The Morgan fingerprint density at radius 2 is 1.55 bits per heavy atom. The molecule has 0 saturated carbocycles. The molecule has 2 aromatic rings. The third-order valence-electron chi connectivity index (χ3n) is 4.73. The zero-order chi connectivity index (χ0) is 22.4. The molecule has 0 aliphatic carbocycles. The largest absolute Gasteiger partial charge is 0.494 e. The Morgan fingerprint density at radius 1 is 0.839 bits per heavy atom. The van der Waals surface area contributed by atoms with Gasteiger partial charge in [0, 0.05) is 24.3 Å². The molecule has 0 amide bonds. The summed E-state index contributed by atoms with van der Waals surface area (Å²) in [7, 11) is 1.58. The van der Waals surface area contributed by atoms with Gasteiger partial charge in [0.1, 0.15) is 11.5 Å². The van der Waals surface area contributed by atoms with Crippen LogP contribution in [0.15, 0.2) is 35.3 Å². The molecule has 0 saturated heterocycles. The predicted molar refractivity (Wildman–Crippen MR) is 119 cm³/mol. The van der Waals surface area contributed by atoms with Crippen molar-refractivity contribution in [3.8, 4) is 23.0 Å². The number of ketones is 1. The Bertz CT molecular complexity index is 969. The molecule has 166 valence electrons. The summed E-state index contributed by atoms with van der Waals surface area (Å²) in [6, 6.07) is 8.96. The summed E-state index contributed by atoms with van der Waals surface area (Å²) in [6.07, 6.45) is -0.850. The first-order valence-corrected chi connectivity index (χ1v) is 10.6. The molecule has 0 N–H and O–H groups in total. The highest BCUT2D eigenvalue weighted by Crippen LogP contribution is 2.40. The summed E-state index contributed by atoms with van der Waals surface area (Å²) in [4.78, 5) is 18.3. The molecule has 0 fully saturated rings. The van der Waals surface area contributed by atoms with Gasteiger partial charge in [-0.1, -0.05) is 0 Å². The van der Waals surface area contributed by atoms with Gasteiger partial charge in [-0.15, -0.1) is 0 Å². The molecule has 0 radical (unpaired) electrons. The van der Waals surface area contributed by atoms with Crippen molar-refractivity contribution in [1.29, 1.82) is 0 Å². The van der Waals surface area contributed by atoms with Crippen LogP contribution in [0.5, 0.6) is 23.0 Å². The summed E-state index contributed by atoms with van der Waals surface area (Å²) in [5.74, 6) is 2.04. The SMILES string of the molecule is CCOc1cc2c(c(OCC)c1)C(=O)C(OCC)C(c1ccc(OCC)c(OC)c1)=N2. The highest BCUT2D eigenvalue weighted by atomic mass is 16.5. The Kier molecular flexibility index (Phi) is 7.52. The first-order chi connectivity index (χ1) is 15.1. The number of methoxy groups -OCH3 is 1. The average molecular weight is 427 g/mol. The van der Waals surface area contributed by atoms with E-state index in [4.69, 9.17) is 28.7 Å². The maximum atomic E-state index is 13.5. The van der Waals surface area contributed by atoms with Crippen LogP contribution >= 0.6 is 0 Å². The Balaban J connectivity index is 2.18. The number of aliphatic imine (C=N–C) groups is 1. The van der Waals surface area contributed by atoms with E-state index in [0.29, 0.717) is 66.4 Å². The maximum absolute atomic E-state index is 13.5. The van der Waals surface area contributed by atoms with Crippen molar-refractivity contribution < 1.29 is 28.5 Å². The zero-order valence-corrected chi connectivity index (χ0v) is 18.7. The Morgan fingerprint density at radius 3 is 2.19 bits per heavy atom. The number of carbonyl (C=O) groups excluding carboxylic acids is 1. The van der Waals surface area contributed by atoms with E-state index in [1.807, 2.05) is 45.9 Å². The minimum absolute atomic E-state index is 0.193. The summed E-state index contributed by atoms with van der Waals surface area (Å²) >= 11 is 0. The third-order valence-corrected chi connectivity index (χ3v) is 4.73. The van der Waals surface area contributed by atoms with Crippen molar-refractivity contribution in [2.24, 2.45) is 4.99 Å². The second-order valence-corrected chi connectivity index (χ2v) is 6.68. The van der Waals surface area contributed by atoms with Crippen LogP contribution in [0.1, 0.15) is 43.6 Å². The van der Waals surface area contributed by atoms with Crippen LogP contribution < -0.4 is 18.9 Å². The molecule has 1 atom stereocenters. The second-order valence-electron chi connectivity index (χ2n) is 6.68. The number of fused-ring (bicyclic) bond motifs is 1. The predicted octanol–water partition coefficient (Wildman–Crippen LogP) is 4.61. The Hall–Kier alpha value is -3.06. The molecule has 0 spiro atoms. The monoisotopic (exact) mass is 427 g/mol. The number of hydrogen-bond acceptors (Lipinski definition) is 7. The van der Waals surface area contributed by atoms with Gasteiger partial charge in [0.05, 0.1) is 43.9 Å². The molecule has 31 heavy (non-hydrogen) atoms. The van der Waals surface area contributed by atoms with E-state index in [0.717, 1.165) is 5.56 Å². The summed E-state index contributed by atoms with van der Waals surface area (Å²) < 4.78 is 28.3. The van der Waals surface area contributed by atoms with Gasteiger partial charge in [-0.2, -0.15) is 0 Å². The number of carbonyl (C=O) groups is 1. The summed E-state index contributed by atoms with van der Waals surface area (Å²) in [6.45, 7) is 9.31. The number of hydrogen-bond donors (Lipinski definition) is 0. The average Bonchev–Trinajstić information content (AvgIpc) is 2.76. The van der Waals surface area contributed by atoms with E-state index in [-0.39, 0.29) is 5.78 Å². The van der Waals surface area contributed by atoms with E-state index in [2.05, 4.69) is 0 Å². The van der Waals surface area contributed by atoms with Gasteiger partial charge >= 0.3 is 0 Å². The second kappa shape index (κ2) is 10.3. The number of ether oxygens (including phenoxy) is 5. The first kappa shape index (κ1) is 22.6. The normalized spacial score (nSPS) is 15.2. The first-order valence-electron chi connectivity index (χ1n) is 10.6. The molecule has 3 rings (SSSR count). The fraction of sp³-hybridized carbons (Fsp3) is 0.417. The van der Waals surface area contributed by atoms with Crippen molar-refractivity contribution in [2.45, 2.75) is 33.8 Å². The molecule has 1 aliphatic heterocycles. The van der Waals surface area contributed by atoms with Crippen LogP contribution in [0, 0.1) is 0 Å². The molecule has 0 bridgehead atoms. The number of rotatable bonds is 10. The lowest BCUT2D eigenvalue weighted by Crippen LogP contribution is -2.36. The van der Waals surface area contributed by atoms with Gasteiger partial charge in [-0.25, -0.2) is 4.99 Å². The van der Waals surface area contributed by atoms with Gasteiger partial charge in [0.25, 0.3) is 0 Å². The van der Waals surface area contributed by atoms with Crippen LogP contribution in [0.4, 0.5) is 5.69 Å². The van der Waals surface area contributed by atoms with E-state index in [1.165, 1.54) is 0 Å². The van der Waals surface area contributed by atoms with Gasteiger partial charge in [0.2, 0.25) is 5.78 Å². The maximum Gasteiger partial charge on any atom is 0.203 e. The van der Waals surface area contributed by atoms with Crippen LogP contribution in [0.3, 0.4) is 0 Å². The fourth-order valence-electron chi connectivity index (χ4n) is 3.51. The lowest BCUT2D eigenvalue weighted by atomic mass is 9.92. The lowest BCUT2D eigenvalue weighted by molar-refractivity contribution is 0.0650. The van der Waals surface area contributed by atoms with E-state index >= 15 is 0 Å². The van der Waals surface area contributed by atoms with Gasteiger partial charge in [0.15, 0.2) is 17.6 Å². The molecule has 1 unspecified atom stereocenters. The summed E-state index contributed by atoms with van der Waals surface area (Å²) in [5, 5.41) is 0. The van der Waals surface area contributed by atoms with E-state index in [9.17, 15) is 4.79 Å². The van der Waals surface area contributed by atoms with Crippen molar-refractivity contribution in [3.63, 3.8) is 0 Å². The molecule has 2 aromatic carbocycles. The fourth-order valence-corrected chi connectivity index (χ4v) is 3.51. The molecule has 0 aromatic heterocycles. The van der Waals surface area contributed by atoms with Crippen molar-refractivity contribution in [3.05, 3.63) is 41.5 Å². The zero-order valence-electron chi connectivity index (χ0n) is 18.7. The Labute approximate surface area is 182 Å². The number of benzene rings is 2. The summed E-state index contributed by atoms with van der Waals surface area (Å²) in [5.41, 5.74) is 2.14. The quantitative estimate of drug-likeness (QED) is 0.551. The topological polar surface area (TPSA) is 75.6 Å². The molecular formula is C24H29NO6. The molecule has 1 aliphatic rings. The van der Waals surface area contributed by atoms with Crippen LogP contribution in [-0.2, 0) is 4.74 Å². The van der Waals surface area contributed by atoms with E-state index in [1.54, 1.807) is 19.2 Å².